The first-order valence-electron chi connectivity index (χ1n) is 9.81. The Morgan fingerprint density at radius 2 is 1.77 bits per heavy atom. The molecule has 3 amide bonds. The smallest absolute Gasteiger partial charge is 0.329 e. The minimum absolute atomic E-state index is 0.0422. The van der Waals surface area contributed by atoms with E-state index in [9.17, 15) is 14.4 Å². The van der Waals surface area contributed by atoms with E-state index in [1.165, 1.54) is 6.21 Å². The largest absolute Gasteiger partial charge is 0.484 e. The molecular weight excluding hydrogens is 400 g/mol. The van der Waals surface area contributed by atoms with Gasteiger partial charge in [-0.3, -0.25) is 14.4 Å². The molecule has 0 spiro atoms. The SMILES string of the molecule is Cc1ccccc1NC(=O)C(=O)N/N=C\c1ccc(OCC(=O)N2CCOCC2)cc1. The van der Waals surface area contributed by atoms with Crippen LogP contribution in [0.1, 0.15) is 11.1 Å². The van der Waals surface area contributed by atoms with Gasteiger partial charge in [0.2, 0.25) is 0 Å². The van der Waals surface area contributed by atoms with Crippen molar-refractivity contribution in [3.63, 3.8) is 0 Å². The van der Waals surface area contributed by atoms with Crippen LogP contribution in [0.25, 0.3) is 0 Å². The number of para-hydroxylation sites is 1. The third-order valence-electron chi connectivity index (χ3n) is 4.59. The van der Waals surface area contributed by atoms with Crippen LogP contribution >= 0.6 is 0 Å². The van der Waals surface area contributed by atoms with Gasteiger partial charge in [-0.15, -0.1) is 0 Å². The summed E-state index contributed by atoms with van der Waals surface area (Å²) in [5, 5.41) is 6.33. The average molecular weight is 424 g/mol. The standard InChI is InChI=1S/C22H24N4O5/c1-16-4-2-3-5-19(16)24-21(28)22(29)25-23-14-17-6-8-18(9-7-17)31-15-20(27)26-10-12-30-13-11-26/h2-9,14H,10-13,15H2,1H3,(H,24,28)(H,25,29)/b23-14-. The number of hydrogen-bond acceptors (Lipinski definition) is 6. The first-order valence-corrected chi connectivity index (χ1v) is 9.81. The summed E-state index contributed by atoms with van der Waals surface area (Å²) in [7, 11) is 0. The van der Waals surface area contributed by atoms with E-state index < -0.39 is 11.8 Å². The molecule has 1 aliphatic rings. The quantitative estimate of drug-likeness (QED) is 0.413. The molecule has 162 valence electrons. The molecule has 0 aromatic heterocycles. The summed E-state index contributed by atoms with van der Waals surface area (Å²) >= 11 is 0. The highest BCUT2D eigenvalue weighted by Crippen LogP contribution is 2.13. The summed E-state index contributed by atoms with van der Waals surface area (Å²) in [6.07, 6.45) is 1.40. The van der Waals surface area contributed by atoms with Crippen molar-refractivity contribution >= 4 is 29.6 Å². The summed E-state index contributed by atoms with van der Waals surface area (Å²) in [6, 6.07) is 14.0. The van der Waals surface area contributed by atoms with Crippen molar-refractivity contribution in [3.8, 4) is 5.75 Å². The second-order valence-corrected chi connectivity index (χ2v) is 6.82. The van der Waals surface area contributed by atoms with Crippen molar-refractivity contribution in [3.05, 3.63) is 59.7 Å². The maximum atomic E-state index is 12.1. The van der Waals surface area contributed by atoms with Crippen molar-refractivity contribution in [2.45, 2.75) is 6.92 Å². The fraction of sp³-hybridized carbons (Fsp3) is 0.273. The number of carbonyl (C=O) groups is 3. The zero-order chi connectivity index (χ0) is 22.1. The monoisotopic (exact) mass is 424 g/mol. The van der Waals surface area contributed by atoms with E-state index in [0.717, 1.165) is 5.56 Å². The Balaban J connectivity index is 1.43. The van der Waals surface area contributed by atoms with Gasteiger partial charge in [-0.2, -0.15) is 5.10 Å². The maximum absolute atomic E-state index is 12.1. The molecule has 0 aliphatic carbocycles. The van der Waals surface area contributed by atoms with E-state index in [-0.39, 0.29) is 12.5 Å². The van der Waals surface area contributed by atoms with Gasteiger partial charge < -0.3 is 19.7 Å². The third-order valence-corrected chi connectivity index (χ3v) is 4.59. The fourth-order valence-corrected chi connectivity index (χ4v) is 2.81. The van der Waals surface area contributed by atoms with E-state index in [2.05, 4.69) is 15.8 Å². The van der Waals surface area contributed by atoms with E-state index in [0.29, 0.717) is 43.3 Å². The molecule has 0 unspecified atom stereocenters. The van der Waals surface area contributed by atoms with Crippen LogP contribution in [0, 0.1) is 6.92 Å². The number of nitrogens with zero attached hydrogens (tertiary/aromatic N) is 2. The van der Waals surface area contributed by atoms with Gasteiger partial charge in [0.05, 0.1) is 19.4 Å². The second-order valence-electron chi connectivity index (χ2n) is 6.82. The number of amides is 3. The predicted octanol–water partition coefficient (Wildman–Crippen LogP) is 1.32. The van der Waals surface area contributed by atoms with Crippen molar-refractivity contribution < 1.29 is 23.9 Å². The molecule has 3 rings (SSSR count). The number of ether oxygens (including phenoxy) is 2. The highest BCUT2D eigenvalue weighted by atomic mass is 16.5. The van der Waals surface area contributed by atoms with Crippen LogP contribution in [0.15, 0.2) is 53.6 Å². The van der Waals surface area contributed by atoms with Gasteiger partial charge in [0.1, 0.15) is 5.75 Å². The first-order chi connectivity index (χ1) is 15.0. The average Bonchev–Trinajstić information content (AvgIpc) is 2.80. The topological polar surface area (TPSA) is 109 Å². The highest BCUT2D eigenvalue weighted by molar-refractivity contribution is 6.39. The van der Waals surface area contributed by atoms with Gasteiger partial charge in [-0.05, 0) is 48.4 Å². The Morgan fingerprint density at radius 1 is 1.06 bits per heavy atom. The molecule has 1 fully saturated rings. The molecule has 2 aromatic carbocycles. The van der Waals surface area contributed by atoms with Crippen LogP contribution in [0.5, 0.6) is 5.75 Å². The van der Waals surface area contributed by atoms with Crippen LogP contribution in [0.4, 0.5) is 5.69 Å². The zero-order valence-corrected chi connectivity index (χ0v) is 17.2. The molecular formula is C22H24N4O5. The minimum Gasteiger partial charge on any atom is -0.484 e. The lowest BCUT2D eigenvalue weighted by atomic mass is 10.2. The van der Waals surface area contributed by atoms with E-state index in [1.54, 1.807) is 41.3 Å². The number of benzene rings is 2. The Kier molecular flexibility index (Phi) is 7.72. The number of anilines is 1. The van der Waals surface area contributed by atoms with Gasteiger partial charge in [0.15, 0.2) is 6.61 Å². The number of hydrazone groups is 1. The van der Waals surface area contributed by atoms with Gasteiger partial charge in [-0.25, -0.2) is 5.43 Å². The van der Waals surface area contributed by atoms with Gasteiger partial charge >= 0.3 is 11.8 Å². The normalized spacial score (nSPS) is 13.6. The fourth-order valence-electron chi connectivity index (χ4n) is 2.81. The van der Waals surface area contributed by atoms with Crippen LogP contribution in [0.2, 0.25) is 0 Å². The summed E-state index contributed by atoms with van der Waals surface area (Å²) in [5.41, 5.74) is 4.29. The molecule has 1 aliphatic heterocycles. The Labute approximate surface area is 180 Å². The maximum Gasteiger partial charge on any atom is 0.329 e. The molecule has 2 N–H and O–H groups in total. The Hall–Kier alpha value is -3.72. The van der Waals surface area contributed by atoms with Gasteiger partial charge in [0, 0.05) is 18.8 Å². The van der Waals surface area contributed by atoms with Crippen LogP contribution in [-0.2, 0) is 19.1 Å². The molecule has 9 heteroatoms. The van der Waals surface area contributed by atoms with Crippen molar-refractivity contribution in [2.75, 3.05) is 38.2 Å². The minimum atomic E-state index is -0.874. The molecule has 1 saturated heterocycles. The molecule has 0 saturated carbocycles. The molecule has 9 nitrogen and oxygen atoms in total. The number of hydrogen-bond donors (Lipinski definition) is 2. The number of aryl methyl sites for hydroxylation is 1. The molecule has 0 atom stereocenters. The van der Waals surface area contributed by atoms with Gasteiger partial charge in [-0.1, -0.05) is 18.2 Å². The lowest BCUT2D eigenvalue weighted by Gasteiger charge is -2.26. The second kappa shape index (κ2) is 10.9. The van der Waals surface area contributed by atoms with Crippen molar-refractivity contribution in [1.29, 1.82) is 0 Å². The van der Waals surface area contributed by atoms with E-state index >= 15 is 0 Å². The molecule has 0 bridgehead atoms. The number of rotatable bonds is 6. The van der Waals surface area contributed by atoms with Gasteiger partial charge in [0.25, 0.3) is 5.91 Å². The summed E-state index contributed by atoms with van der Waals surface area (Å²) in [6.45, 7) is 4.03. The van der Waals surface area contributed by atoms with E-state index in [4.69, 9.17) is 9.47 Å². The lowest BCUT2D eigenvalue weighted by molar-refractivity contribution is -0.137. The number of nitrogens with one attached hydrogen (secondary N) is 2. The summed E-state index contributed by atoms with van der Waals surface area (Å²) in [5.74, 6) is -1.22. The number of morpholine rings is 1. The Morgan fingerprint density at radius 3 is 2.48 bits per heavy atom. The molecule has 1 heterocycles. The van der Waals surface area contributed by atoms with Crippen molar-refractivity contribution in [2.24, 2.45) is 5.10 Å². The van der Waals surface area contributed by atoms with Crippen LogP contribution in [0.3, 0.4) is 0 Å². The van der Waals surface area contributed by atoms with E-state index in [1.807, 2.05) is 19.1 Å². The predicted molar refractivity (Wildman–Crippen MR) is 115 cm³/mol. The lowest BCUT2D eigenvalue weighted by Crippen LogP contribution is -2.42. The Bertz CT molecular complexity index is 953. The highest BCUT2D eigenvalue weighted by Gasteiger charge is 2.17. The van der Waals surface area contributed by atoms with Crippen LogP contribution in [-0.4, -0.2) is 61.7 Å². The molecule has 0 radical (unpaired) electrons. The number of carbonyl (C=O) groups excluding carboxylic acids is 3. The summed E-state index contributed by atoms with van der Waals surface area (Å²) < 4.78 is 10.7. The van der Waals surface area contributed by atoms with Crippen LogP contribution < -0.4 is 15.5 Å². The third kappa shape index (κ3) is 6.65. The zero-order valence-electron chi connectivity index (χ0n) is 17.2. The molecule has 2 aromatic rings. The summed E-state index contributed by atoms with van der Waals surface area (Å²) in [4.78, 5) is 37.6. The molecule has 31 heavy (non-hydrogen) atoms. The first kappa shape index (κ1) is 22.0. The van der Waals surface area contributed by atoms with Crippen molar-refractivity contribution in [1.82, 2.24) is 10.3 Å².